The number of hydrogen-bond acceptors (Lipinski definition) is 4. The number of nitrogens with zero attached hydrogens (tertiary/aromatic N) is 2. The predicted octanol–water partition coefficient (Wildman–Crippen LogP) is 2.76. The molecule has 0 radical (unpaired) electrons. The standard InChI is InChI=1S/C16H12BrN3O3/c17-11-2-4-15-19-12(8-20(15)7-11)16(21)18-6-10-1-3-13-14(5-10)23-9-22-13/h1-5,7-8H,6,9H2,(H,18,21). The summed E-state index contributed by atoms with van der Waals surface area (Å²) < 4.78 is 13.3. The molecule has 1 aliphatic rings. The molecule has 6 nitrogen and oxygen atoms in total. The summed E-state index contributed by atoms with van der Waals surface area (Å²) in [6, 6.07) is 9.33. The minimum Gasteiger partial charge on any atom is -0.454 e. The van der Waals surface area contributed by atoms with Gasteiger partial charge in [0.2, 0.25) is 6.79 Å². The molecule has 1 aromatic carbocycles. The fraction of sp³-hybridized carbons (Fsp3) is 0.125. The molecule has 0 aliphatic carbocycles. The monoisotopic (exact) mass is 373 g/mol. The number of pyridine rings is 1. The molecule has 116 valence electrons. The number of benzene rings is 1. The van der Waals surface area contributed by atoms with Gasteiger partial charge in [0, 0.05) is 23.4 Å². The van der Waals surface area contributed by atoms with Crippen LogP contribution in [0.5, 0.6) is 11.5 Å². The summed E-state index contributed by atoms with van der Waals surface area (Å²) >= 11 is 3.39. The Labute approximate surface area is 140 Å². The average Bonchev–Trinajstić information content (AvgIpc) is 3.17. The summed E-state index contributed by atoms with van der Waals surface area (Å²) in [5.41, 5.74) is 2.04. The van der Waals surface area contributed by atoms with Crippen LogP contribution < -0.4 is 14.8 Å². The highest BCUT2D eigenvalue weighted by Gasteiger charge is 2.14. The van der Waals surface area contributed by atoms with Gasteiger partial charge in [-0.1, -0.05) is 6.07 Å². The zero-order valence-corrected chi connectivity index (χ0v) is 13.5. The molecular formula is C16H12BrN3O3. The van der Waals surface area contributed by atoms with Crippen LogP contribution in [0.2, 0.25) is 0 Å². The Kier molecular flexibility index (Phi) is 3.42. The van der Waals surface area contributed by atoms with Crippen LogP contribution in [0.15, 0.2) is 47.2 Å². The summed E-state index contributed by atoms with van der Waals surface area (Å²) in [6.07, 6.45) is 3.56. The molecule has 0 saturated carbocycles. The Hall–Kier alpha value is -2.54. The normalized spacial score (nSPS) is 12.6. The maximum Gasteiger partial charge on any atom is 0.271 e. The third kappa shape index (κ3) is 2.75. The molecule has 7 heteroatoms. The van der Waals surface area contributed by atoms with Crippen LogP contribution >= 0.6 is 15.9 Å². The van der Waals surface area contributed by atoms with Crippen molar-refractivity contribution in [1.82, 2.24) is 14.7 Å². The molecule has 3 heterocycles. The molecule has 2 aromatic heterocycles. The van der Waals surface area contributed by atoms with Crippen molar-refractivity contribution in [2.75, 3.05) is 6.79 Å². The Morgan fingerprint density at radius 1 is 1.22 bits per heavy atom. The molecular weight excluding hydrogens is 362 g/mol. The molecule has 0 bridgehead atoms. The van der Waals surface area contributed by atoms with Crippen molar-refractivity contribution in [3.05, 3.63) is 58.5 Å². The first-order valence-corrected chi connectivity index (χ1v) is 7.79. The van der Waals surface area contributed by atoms with E-state index in [4.69, 9.17) is 9.47 Å². The van der Waals surface area contributed by atoms with Crippen molar-refractivity contribution in [1.29, 1.82) is 0 Å². The highest BCUT2D eigenvalue weighted by Crippen LogP contribution is 2.32. The van der Waals surface area contributed by atoms with E-state index in [9.17, 15) is 4.79 Å². The first-order valence-electron chi connectivity index (χ1n) is 7.00. The number of fused-ring (bicyclic) bond motifs is 2. The van der Waals surface area contributed by atoms with Crippen molar-refractivity contribution < 1.29 is 14.3 Å². The van der Waals surface area contributed by atoms with Gasteiger partial charge in [0.25, 0.3) is 5.91 Å². The number of rotatable bonds is 3. The lowest BCUT2D eigenvalue weighted by Gasteiger charge is -2.04. The van der Waals surface area contributed by atoms with Gasteiger partial charge in [0.1, 0.15) is 11.3 Å². The van der Waals surface area contributed by atoms with Crippen LogP contribution in [0.1, 0.15) is 16.1 Å². The molecule has 1 aliphatic heterocycles. The van der Waals surface area contributed by atoms with Crippen LogP contribution in [0.25, 0.3) is 5.65 Å². The van der Waals surface area contributed by atoms with Crippen LogP contribution in [0.3, 0.4) is 0 Å². The molecule has 0 saturated heterocycles. The number of hydrogen-bond donors (Lipinski definition) is 1. The molecule has 3 aromatic rings. The Balaban J connectivity index is 1.48. The highest BCUT2D eigenvalue weighted by molar-refractivity contribution is 9.10. The van der Waals surface area contributed by atoms with Crippen molar-refractivity contribution >= 4 is 27.5 Å². The number of amides is 1. The van der Waals surface area contributed by atoms with Crippen molar-refractivity contribution in [2.24, 2.45) is 0 Å². The van der Waals surface area contributed by atoms with E-state index < -0.39 is 0 Å². The SMILES string of the molecule is O=C(NCc1ccc2c(c1)OCO2)c1cn2cc(Br)ccc2n1. The number of nitrogens with one attached hydrogen (secondary N) is 1. The van der Waals surface area contributed by atoms with Gasteiger partial charge < -0.3 is 19.2 Å². The van der Waals surface area contributed by atoms with Crippen molar-refractivity contribution in [3.63, 3.8) is 0 Å². The summed E-state index contributed by atoms with van der Waals surface area (Å²) in [7, 11) is 0. The van der Waals surface area contributed by atoms with Gasteiger partial charge >= 0.3 is 0 Å². The second-order valence-electron chi connectivity index (χ2n) is 5.11. The van der Waals surface area contributed by atoms with E-state index >= 15 is 0 Å². The van der Waals surface area contributed by atoms with Gasteiger partial charge in [-0.3, -0.25) is 4.79 Å². The van der Waals surface area contributed by atoms with Gasteiger partial charge in [0.05, 0.1) is 0 Å². The third-order valence-corrected chi connectivity index (χ3v) is 4.01. The fourth-order valence-corrected chi connectivity index (χ4v) is 2.75. The first-order chi connectivity index (χ1) is 11.2. The van der Waals surface area contributed by atoms with E-state index in [0.29, 0.717) is 18.0 Å². The lowest BCUT2D eigenvalue weighted by molar-refractivity contribution is 0.0946. The highest BCUT2D eigenvalue weighted by atomic mass is 79.9. The van der Waals surface area contributed by atoms with Gasteiger partial charge in [-0.25, -0.2) is 4.98 Å². The van der Waals surface area contributed by atoms with Crippen LogP contribution in [-0.2, 0) is 6.54 Å². The molecule has 4 rings (SSSR count). The van der Waals surface area contributed by atoms with E-state index in [2.05, 4.69) is 26.2 Å². The van der Waals surface area contributed by atoms with E-state index in [-0.39, 0.29) is 12.7 Å². The third-order valence-electron chi connectivity index (χ3n) is 3.54. The first kappa shape index (κ1) is 14.1. The summed E-state index contributed by atoms with van der Waals surface area (Å²) in [4.78, 5) is 16.6. The topological polar surface area (TPSA) is 64.9 Å². The number of carbonyl (C=O) groups is 1. The second-order valence-corrected chi connectivity index (χ2v) is 6.02. The number of ether oxygens (including phenoxy) is 2. The smallest absolute Gasteiger partial charge is 0.271 e. The number of halogens is 1. The molecule has 1 N–H and O–H groups in total. The molecule has 1 amide bonds. The minimum absolute atomic E-state index is 0.220. The Morgan fingerprint density at radius 2 is 2.09 bits per heavy atom. The van der Waals surface area contributed by atoms with Crippen LogP contribution in [0, 0.1) is 0 Å². The molecule has 0 spiro atoms. The zero-order chi connectivity index (χ0) is 15.8. The summed E-state index contributed by atoms with van der Waals surface area (Å²) in [5.74, 6) is 1.21. The second kappa shape index (κ2) is 5.58. The van der Waals surface area contributed by atoms with E-state index in [0.717, 1.165) is 21.4 Å². The van der Waals surface area contributed by atoms with Crippen molar-refractivity contribution in [2.45, 2.75) is 6.54 Å². The lowest BCUT2D eigenvalue weighted by atomic mass is 10.2. The van der Waals surface area contributed by atoms with Crippen LogP contribution in [-0.4, -0.2) is 22.1 Å². The predicted molar refractivity (Wildman–Crippen MR) is 86.6 cm³/mol. The number of aromatic nitrogens is 2. The average molecular weight is 374 g/mol. The van der Waals surface area contributed by atoms with Crippen molar-refractivity contribution in [3.8, 4) is 11.5 Å². The Morgan fingerprint density at radius 3 is 3.00 bits per heavy atom. The maximum absolute atomic E-state index is 12.3. The van der Waals surface area contributed by atoms with E-state index in [1.807, 2.05) is 36.5 Å². The van der Waals surface area contributed by atoms with E-state index in [1.54, 1.807) is 10.6 Å². The zero-order valence-electron chi connectivity index (χ0n) is 12.0. The fourth-order valence-electron chi connectivity index (χ4n) is 2.40. The molecule has 0 atom stereocenters. The Bertz CT molecular complexity index is 907. The van der Waals surface area contributed by atoms with Gasteiger partial charge in [-0.2, -0.15) is 0 Å². The molecule has 23 heavy (non-hydrogen) atoms. The van der Waals surface area contributed by atoms with Gasteiger partial charge in [0.15, 0.2) is 11.5 Å². The van der Waals surface area contributed by atoms with E-state index in [1.165, 1.54) is 0 Å². The minimum atomic E-state index is -0.220. The summed E-state index contributed by atoms with van der Waals surface area (Å²) in [6.45, 7) is 0.634. The largest absolute Gasteiger partial charge is 0.454 e. The molecule has 0 unspecified atom stereocenters. The lowest BCUT2D eigenvalue weighted by Crippen LogP contribution is -2.23. The van der Waals surface area contributed by atoms with Gasteiger partial charge in [-0.05, 0) is 45.8 Å². The molecule has 0 fully saturated rings. The number of carbonyl (C=O) groups excluding carboxylic acids is 1. The van der Waals surface area contributed by atoms with Crippen LogP contribution in [0.4, 0.5) is 0 Å². The quantitative estimate of drug-likeness (QED) is 0.766. The summed E-state index contributed by atoms with van der Waals surface area (Å²) in [5, 5.41) is 2.86. The maximum atomic E-state index is 12.3. The van der Waals surface area contributed by atoms with Gasteiger partial charge in [-0.15, -0.1) is 0 Å². The number of imidazole rings is 1.